The molecule has 0 saturated carbocycles. The van der Waals surface area contributed by atoms with Gasteiger partial charge in [-0.15, -0.1) is 0 Å². The van der Waals surface area contributed by atoms with Gasteiger partial charge in [0.05, 0.1) is 10.9 Å². The number of anilines is 2. The largest absolute Gasteiger partial charge is 0.461 e. The molecule has 0 radical (unpaired) electrons. The molecule has 0 spiro atoms. The van der Waals surface area contributed by atoms with Crippen molar-refractivity contribution in [3.63, 3.8) is 0 Å². The van der Waals surface area contributed by atoms with Crippen molar-refractivity contribution in [3.05, 3.63) is 54.8 Å². The number of nitrogen functional groups attached to an aromatic ring is 1. The molecule has 7 rings (SSSR count). The number of hydrogen-bond donors (Lipinski definition) is 1. The molecule has 3 aromatic heterocycles. The van der Waals surface area contributed by atoms with Gasteiger partial charge in [0.2, 0.25) is 5.91 Å². The highest BCUT2D eigenvalue weighted by molar-refractivity contribution is 5.99. The molecule has 234 valence electrons. The standard InChI is InChI=1S/C32H33F3N8O2/c1-3-24(44)42-11-8-20(16-42)41(2)30-21-14-37-29(28-25-18(12-23(36)38-28)6-4-7-22(25)34)26(35)27(21)39-31(40-30)45-17-32-9-5-10-43(32)15-19(33)13-32/h3-4,6-7,12,14,19-20H,1,5,8-11,13,15-17H2,2H3,(H2,36,38)/t19-,20-,32+/m1/s1. The van der Waals surface area contributed by atoms with E-state index in [9.17, 15) is 9.18 Å². The number of rotatable bonds is 7. The summed E-state index contributed by atoms with van der Waals surface area (Å²) in [6, 6.07) is 5.78. The minimum absolute atomic E-state index is 0.0479. The second kappa shape index (κ2) is 11.1. The molecule has 6 heterocycles. The van der Waals surface area contributed by atoms with Gasteiger partial charge in [0.15, 0.2) is 5.82 Å². The quantitative estimate of drug-likeness (QED) is 0.303. The van der Waals surface area contributed by atoms with E-state index in [-0.39, 0.29) is 52.7 Å². The Hall–Kier alpha value is -4.52. The Kier molecular flexibility index (Phi) is 7.22. The first kappa shape index (κ1) is 29.2. The summed E-state index contributed by atoms with van der Waals surface area (Å²) in [7, 11) is 1.81. The summed E-state index contributed by atoms with van der Waals surface area (Å²) in [5.74, 6) is -1.15. The number of amides is 1. The Labute approximate surface area is 257 Å². The molecule has 4 aromatic rings. The van der Waals surface area contributed by atoms with Crippen molar-refractivity contribution in [2.24, 2.45) is 0 Å². The summed E-state index contributed by atoms with van der Waals surface area (Å²) in [6.45, 7) is 5.84. The molecule has 1 amide bonds. The first-order valence-corrected chi connectivity index (χ1v) is 15.0. The number of alkyl halides is 1. The summed E-state index contributed by atoms with van der Waals surface area (Å²) < 4.78 is 52.3. The van der Waals surface area contributed by atoms with Crippen LogP contribution >= 0.6 is 0 Å². The van der Waals surface area contributed by atoms with Gasteiger partial charge in [-0.25, -0.2) is 18.2 Å². The topological polar surface area (TPSA) is 114 Å². The van der Waals surface area contributed by atoms with E-state index in [1.54, 1.807) is 11.0 Å². The average molecular weight is 619 g/mol. The van der Waals surface area contributed by atoms with E-state index in [0.29, 0.717) is 49.1 Å². The smallest absolute Gasteiger partial charge is 0.319 e. The Morgan fingerprint density at radius 1 is 1.22 bits per heavy atom. The molecule has 3 aliphatic rings. The van der Waals surface area contributed by atoms with Gasteiger partial charge in [0.1, 0.15) is 47.1 Å². The van der Waals surface area contributed by atoms with Gasteiger partial charge < -0.3 is 20.3 Å². The molecule has 0 bridgehead atoms. The zero-order valence-corrected chi connectivity index (χ0v) is 24.8. The number of carbonyl (C=O) groups excluding carboxylic acids is 1. The number of fused-ring (bicyclic) bond motifs is 3. The van der Waals surface area contributed by atoms with E-state index in [1.165, 1.54) is 30.5 Å². The number of pyridine rings is 2. The predicted molar refractivity (Wildman–Crippen MR) is 165 cm³/mol. The monoisotopic (exact) mass is 618 g/mol. The fraction of sp³-hybridized carbons (Fsp3) is 0.406. The van der Waals surface area contributed by atoms with Crippen LogP contribution in [0.2, 0.25) is 0 Å². The van der Waals surface area contributed by atoms with Crippen LogP contribution in [0.15, 0.2) is 43.1 Å². The maximum Gasteiger partial charge on any atom is 0.319 e. The number of ether oxygens (including phenoxy) is 1. The molecule has 3 fully saturated rings. The van der Waals surface area contributed by atoms with Crippen molar-refractivity contribution in [1.82, 2.24) is 29.7 Å². The van der Waals surface area contributed by atoms with Crippen LogP contribution in [-0.4, -0.2) is 93.2 Å². The third-order valence-electron chi connectivity index (χ3n) is 9.46. The van der Waals surface area contributed by atoms with Crippen LogP contribution in [0.3, 0.4) is 0 Å². The predicted octanol–water partition coefficient (Wildman–Crippen LogP) is 4.28. The normalized spacial score (nSPS) is 23.2. The van der Waals surface area contributed by atoms with Crippen LogP contribution in [0, 0.1) is 11.6 Å². The molecule has 45 heavy (non-hydrogen) atoms. The summed E-state index contributed by atoms with van der Waals surface area (Å²) in [6.07, 6.45) is 4.50. The minimum atomic E-state index is -0.941. The van der Waals surface area contributed by atoms with E-state index in [1.807, 2.05) is 11.9 Å². The van der Waals surface area contributed by atoms with E-state index in [0.717, 1.165) is 19.4 Å². The number of benzene rings is 1. The van der Waals surface area contributed by atoms with Crippen LogP contribution in [0.25, 0.3) is 33.1 Å². The maximum atomic E-state index is 16.6. The Balaban J connectivity index is 1.33. The first-order valence-electron chi connectivity index (χ1n) is 15.0. The Morgan fingerprint density at radius 2 is 2.07 bits per heavy atom. The molecule has 0 unspecified atom stereocenters. The SMILES string of the molecule is C=CC(=O)N1CC[C@@H](N(C)c2nc(OC[C@@]34CCCN3C[C@H](F)C4)nc3c(F)c(-c4nc(N)cc5cccc(F)c45)ncc23)C1. The molecule has 1 aromatic carbocycles. The molecular formula is C32H33F3N8O2. The number of aromatic nitrogens is 4. The molecule has 3 atom stereocenters. The van der Waals surface area contributed by atoms with Gasteiger partial charge in [-0.1, -0.05) is 18.7 Å². The molecule has 0 aliphatic carbocycles. The van der Waals surface area contributed by atoms with Crippen molar-refractivity contribution in [2.45, 2.75) is 43.4 Å². The van der Waals surface area contributed by atoms with E-state index >= 15 is 8.78 Å². The number of nitrogens with zero attached hydrogens (tertiary/aromatic N) is 7. The van der Waals surface area contributed by atoms with Crippen molar-refractivity contribution >= 4 is 39.2 Å². The second-order valence-corrected chi connectivity index (χ2v) is 12.2. The summed E-state index contributed by atoms with van der Waals surface area (Å²) >= 11 is 0. The Bertz CT molecular complexity index is 1840. The lowest BCUT2D eigenvalue weighted by atomic mass is 9.95. The first-order chi connectivity index (χ1) is 21.7. The number of hydrogen-bond acceptors (Lipinski definition) is 9. The summed E-state index contributed by atoms with van der Waals surface area (Å²) in [5, 5.41) is 0.841. The van der Waals surface area contributed by atoms with E-state index in [4.69, 9.17) is 15.5 Å². The number of nitrogens with two attached hydrogens (primary N) is 1. The fourth-order valence-electron chi connectivity index (χ4n) is 7.19. The van der Waals surface area contributed by atoms with Crippen LogP contribution < -0.4 is 15.4 Å². The second-order valence-electron chi connectivity index (χ2n) is 12.2. The third kappa shape index (κ3) is 4.98. The highest BCUT2D eigenvalue weighted by Gasteiger charge is 2.49. The van der Waals surface area contributed by atoms with Gasteiger partial charge >= 0.3 is 6.01 Å². The molecule has 10 nitrogen and oxygen atoms in total. The highest BCUT2D eigenvalue weighted by Crippen LogP contribution is 2.41. The van der Waals surface area contributed by atoms with Crippen molar-refractivity contribution in [3.8, 4) is 17.4 Å². The molecule has 2 N–H and O–H groups in total. The van der Waals surface area contributed by atoms with Gasteiger partial charge in [-0.05, 0) is 49.4 Å². The number of carbonyl (C=O) groups is 1. The lowest BCUT2D eigenvalue weighted by Gasteiger charge is -2.31. The van der Waals surface area contributed by atoms with Crippen LogP contribution in [0.5, 0.6) is 6.01 Å². The average Bonchev–Trinajstić information content (AvgIpc) is 3.74. The maximum absolute atomic E-state index is 16.6. The van der Waals surface area contributed by atoms with Gasteiger partial charge in [-0.3, -0.25) is 14.7 Å². The van der Waals surface area contributed by atoms with Crippen LogP contribution in [-0.2, 0) is 4.79 Å². The zero-order chi connectivity index (χ0) is 31.5. The van der Waals surface area contributed by atoms with E-state index < -0.39 is 23.3 Å². The lowest BCUT2D eigenvalue weighted by Crippen LogP contribution is -2.43. The Morgan fingerprint density at radius 3 is 2.89 bits per heavy atom. The number of halogens is 3. The summed E-state index contributed by atoms with van der Waals surface area (Å²) in [4.78, 5) is 35.8. The van der Waals surface area contributed by atoms with Crippen molar-refractivity contribution in [1.29, 1.82) is 0 Å². The lowest BCUT2D eigenvalue weighted by molar-refractivity contribution is -0.125. The molecule has 3 aliphatic heterocycles. The van der Waals surface area contributed by atoms with E-state index in [2.05, 4.69) is 26.4 Å². The van der Waals surface area contributed by atoms with Gasteiger partial charge in [-0.2, -0.15) is 9.97 Å². The zero-order valence-electron chi connectivity index (χ0n) is 24.8. The van der Waals surface area contributed by atoms with Crippen LogP contribution in [0.4, 0.5) is 24.8 Å². The fourth-order valence-corrected chi connectivity index (χ4v) is 7.19. The van der Waals surface area contributed by atoms with Crippen molar-refractivity contribution in [2.75, 3.05) is 50.5 Å². The van der Waals surface area contributed by atoms with Crippen molar-refractivity contribution < 1.29 is 22.7 Å². The highest BCUT2D eigenvalue weighted by atomic mass is 19.1. The van der Waals surface area contributed by atoms with Gasteiger partial charge in [0, 0.05) is 50.7 Å². The van der Waals surface area contributed by atoms with Crippen LogP contribution in [0.1, 0.15) is 25.7 Å². The molecule has 3 saturated heterocycles. The minimum Gasteiger partial charge on any atom is -0.461 e. The number of likely N-dealkylation sites (tertiary alicyclic amines) is 1. The third-order valence-corrected chi connectivity index (χ3v) is 9.46. The summed E-state index contributed by atoms with van der Waals surface area (Å²) in [5.41, 5.74) is 5.20. The molecular weight excluding hydrogens is 585 g/mol. The molecule has 13 heteroatoms. The van der Waals surface area contributed by atoms with Gasteiger partial charge in [0.25, 0.3) is 0 Å². The number of likely N-dealkylation sites (N-methyl/N-ethyl adjacent to an activating group) is 1.